The van der Waals surface area contributed by atoms with Gasteiger partial charge in [0.2, 0.25) is 0 Å². The molecule has 256 valence electrons. The van der Waals surface area contributed by atoms with E-state index < -0.39 is 50.1 Å². The Hall–Kier alpha value is 0.0355. The minimum absolute atomic E-state index is 0. The van der Waals surface area contributed by atoms with Crippen molar-refractivity contribution in [3.8, 4) is 22.8 Å². The van der Waals surface area contributed by atoms with Crippen molar-refractivity contribution >= 4 is 52.1 Å². The Balaban J connectivity index is 0.00000676. The molecule has 0 aliphatic heterocycles. The first kappa shape index (κ1) is 53.0. The van der Waals surface area contributed by atoms with Crippen LogP contribution in [0.2, 0.25) is 0 Å². The molecule has 0 saturated heterocycles. The molecule has 15 nitrogen and oxygen atoms in total. The second-order valence-electron chi connectivity index (χ2n) is 10.7. The molecule has 1 amide bonds. The molecule has 2 N–H and O–H groups in total. The number of hydrogen-bond acceptors (Lipinski definition) is 13. The van der Waals surface area contributed by atoms with E-state index in [1.54, 1.807) is 49.4 Å². The van der Waals surface area contributed by atoms with Crippen molar-refractivity contribution in [1.29, 1.82) is 0 Å². The SMILES string of the molecule is C=CNC(=O)c1ccc2cc(-c3ccc(N(CC(=O)[O-])CC(=O)[O-])c(OCCOc4cc(C)ccc4N(CC(=O)[O-])CC(=O)[O-])c3)[nH]c2c1.[K+].[K+].[K+].[K+]. The number of H-pyrrole nitrogens is 1. The smallest absolute Gasteiger partial charge is 0.548 e. The van der Waals surface area contributed by atoms with E-state index in [1.165, 1.54) is 18.3 Å². The number of ether oxygens (including phenoxy) is 2. The first-order valence-electron chi connectivity index (χ1n) is 14.7. The maximum absolute atomic E-state index is 12.3. The number of benzene rings is 3. The van der Waals surface area contributed by atoms with Crippen molar-refractivity contribution in [3.63, 3.8) is 0 Å². The van der Waals surface area contributed by atoms with Gasteiger partial charge < -0.3 is 69.2 Å². The Bertz CT molecular complexity index is 1890. The zero-order valence-corrected chi connectivity index (χ0v) is 42.7. The molecule has 0 unspecified atom stereocenters. The van der Waals surface area contributed by atoms with Crippen LogP contribution in [0.4, 0.5) is 11.4 Å². The average molecular weight is 827 g/mol. The fourth-order valence-corrected chi connectivity index (χ4v) is 5.04. The van der Waals surface area contributed by atoms with Crippen LogP contribution in [0, 0.1) is 6.92 Å². The summed E-state index contributed by atoms with van der Waals surface area (Å²) in [6, 6.07) is 16.2. The molecule has 1 aromatic heterocycles. The summed E-state index contributed by atoms with van der Waals surface area (Å²) < 4.78 is 11.8. The van der Waals surface area contributed by atoms with Crippen LogP contribution in [0.15, 0.2) is 73.4 Å². The number of aryl methyl sites for hydroxylation is 1. The zero-order chi connectivity index (χ0) is 35.7. The Morgan fingerprint density at radius 1 is 0.698 bits per heavy atom. The second-order valence-corrected chi connectivity index (χ2v) is 10.7. The molecule has 53 heavy (non-hydrogen) atoms. The summed E-state index contributed by atoms with van der Waals surface area (Å²) in [4.78, 5) is 63.1. The molecule has 0 saturated carbocycles. The van der Waals surface area contributed by atoms with Crippen LogP contribution in [0.3, 0.4) is 0 Å². The molecule has 0 spiro atoms. The number of nitrogens with zero attached hydrogens (tertiary/aromatic N) is 2. The van der Waals surface area contributed by atoms with E-state index in [2.05, 4.69) is 16.9 Å². The number of fused-ring (bicyclic) bond motifs is 1. The van der Waals surface area contributed by atoms with E-state index in [0.717, 1.165) is 20.7 Å². The number of nitrogens with one attached hydrogen (secondary N) is 2. The first-order chi connectivity index (χ1) is 23.3. The number of rotatable bonds is 18. The van der Waals surface area contributed by atoms with E-state index in [0.29, 0.717) is 22.3 Å². The second kappa shape index (κ2) is 26.1. The minimum atomic E-state index is -1.55. The Kier molecular flexibility index (Phi) is 26.1. The summed E-state index contributed by atoms with van der Waals surface area (Å²) in [6.07, 6.45) is 1.27. The standard InChI is InChI=1S/C34H34N4O11.4K/c1-3-35-34(47)23-6-5-21-13-24(36-25(21)14-23)22-7-9-27(38(18-32(43)44)19-33(45)46)29(15-22)49-11-10-48-28-12-20(2)4-8-26(28)37(16-30(39)40)17-31(41)42;;;;/h3-9,12-15,36H,1,10-11,16-19H2,2H3,(H,35,47)(H,39,40)(H,41,42)(H,43,44)(H,45,46);;;;/q;4*+1/p-4. The number of aromatic amines is 1. The monoisotopic (exact) mass is 826 g/mol. The fraction of sp³-hybridized carbons (Fsp3) is 0.206. The molecule has 0 radical (unpaired) electrons. The van der Waals surface area contributed by atoms with Crippen LogP contribution in [0.5, 0.6) is 11.5 Å². The number of carboxylic acids is 4. The van der Waals surface area contributed by atoms with Gasteiger partial charge in [0, 0.05) is 27.7 Å². The number of hydrogen-bond donors (Lipinski definition) is 2. The molecular weight excluding hydrogens is 797 g/mol. The predicted octanol–water partition coefficient (Wildman–Crippen LogP) is -13.9. The van der Waals surface area contributed by atoms with E-state index in [1.807, 2.05) is 6.07 Å². The molecule has 19 heteroatoms. The van der Waals surface area contributed by atoms with E-state index in [-0.39, 0.29) is 248 Å². The van der Waals surface area contributed by atoms with Gasteiger partial charge in [-0.25, -0.2) is 0 Å². The van der Waals surface area contributed by atoms with E-state index >= 15 is 0 Å². The molecule has 0 atom stereocenters. The summed E-state index contributed by atoms with van der Waals surface area (Å²) in [5.74, 6) is -6.25. The summed E-state index contributed by atoms with van der Waals surface area (Å²) in [7, 11) is 0. The van der Waals surface area contributed by atoms with Crippen LogP contribution in [0.25, 0.3) is 22.2 Å². The molecule has 4 aromatic rings. The van der Waals surface area contributed by atoms with Crippen LogP contribution in [0.1, 0.15) is 15.9 Å². The van der Waals surface area contributed by atoms with Crippen molar-refractivity contribution < 1.29 is 259 Å². The van der Waals surface area contributed by atoms with Gasteiger partial charge in [0.25, 0.3) is 5.91 Å². The Labute approximate surface area is 475 Å². The van der Waals surface area contributed by atoms with Gasteiger partial charge in [-0.15, -0.1) is 0 Å². The number of aliphatic carboxylic acids is 4. The summed E-state index contributed by atoms with van der Waals surface area (Å²) in [5.41, 5.74) is 3.17. The van der Waals surface area contributed by atoms with Crippen molar-refractivity contribution in [2.45, 2.75) is 6.92 Å². The third-order valence-electron chi connectivity index (χ3n) is 7.06. The van der Waals surface area contributed by atoms with Gasteiger partial charge in [-0.2, -0.15) is 0 Å². The molecule has 4 rings (SSSR count). The van der Waals surface area contributed by atoms with Crippen molar-refractivity contribution in [1.82, 2.24) is 10.3 Å². The van der Waals surface area contributed by atoms with Gasteiger partial charge in [0.05, 0.1) is 61.4 Å². The van der Waals surface area contributed by atoms with Crippen molar-refractivity contribution in [2.75, 3.05) is 49.2 Å². The molecule has 3 aromatic carbocycles. The Morgan fingerprint density at radius 3 is 1.68 bits per heavy atom. The number of carbonyl (C=O) groups excluding carboxylic acids is 5. The molecule has 0 fully saturated rings. The zero-order valence-electron chi connectivity index (χ0n) is 30.2. The number of amides is 1. The van der Waals surface area contributed by atoms with Gasteiger partial charge in [-0.3, -0.25) is 4.79 Å². The van der Waals surface area contributed by atoms with Crippen LogP contribution in [-0.4, -0.2) is 74.2 Å². The third-order valence-corrected chi connectivity index (χ3v) is 7.06. The van der Waals surface area contributed by atoms with E-state index in [9.17, 15) is 44.4 Å². The fourth-order valence-electron chi connectivity index (χ4n) is 5.04. The average Bonchev–Trinajstić information content (AvgIpc) is 3.45. The molecule has 0 bridgehead atoms. The van der Waals surface area contributed by atoms with Crippen LogP contribution >= 0.6 is 0 Å². The van der Waals surface area contributed by atoms with Crippen molar-refractivity contribution in [2.24, 2.45) is 0 Å². The van der Waals surface area contributed by atoms with Gasteiger partial charge in [-0.1, -0.05) is 24.8 Å². The summed E-state index contributed by atoms with van der Waals surface area (Å²) in [6.45, 7) is 1.82. The molecule has 1 heterocycles. The predicted molar refractivity (Wildman–Crippen MR) is 168 cm³/mol. The van der Waals surface area contributed by atoms with Crippen LogP contribution in [-0.2, 0) is 19.2 Å². The number of carboxylic acid groups (broad SMARTS) is 4. The quantitative estimate of drug-likeness (QED) is 0.0703. The third kappa shape index (κ3) is 16.4. The Morgan fingerprint density at radius 2 is 1.19 bits per heavy atom. The van der Waals surface area contributed by atoms with Crippen molar-refractivity contribution in [3.05, 3.63) is 84.6 Å². The van der Waals surface area contributed by atoms with Gasteiger partial charge >= 0.3 is 206 Å². The molecule has 0 aliphatic rings. The summed E-state index contributed by atoms with van der Waals surface area (Å²) in [5, 5.41) is 48.9. The maximum Gasteiger partial charge on any atom is 1.00 e. The van der Waals surface area contributed by atoms with Gasteiger partial charge in [0.1, 0.15) is 24.7 Å². The first-order valence-corrected chi connectivity index (χ1v) is 14.7. The summed E-state index contributed by atoms with van der Waals surface area (Å²) >= 11 is 0. The number of aromatic nitrogens is 1. The molecular formula is C34H30K4N4O11. The van der Waals surface area contributed by atoms with Crippen LogP contribution < -0.4 is 251 Å². The topological polar surface area (TPSA) is 230 Å². The minimum Gasteiger partial charge on any atom is -0.548 e. The van der Waals surface area contributed by atoms with Gasteiger partial charge in [0.15, 0.2) is 0 Å². The largest absolute Gasteiger partial charge is 1.00 e. The maximum atomic E-state index is 12.3. The number of carbonyl (C=O) groups is 5. The number of anilines is 2. The molecule has 0 aliphatic carbocycles. The van der Waals surface area contributed by atoms with E-state index in [4.69, 9.17) is 9.47 Å². The van der Waals surface area contributed by atoms with Gasteiger partial charge in [-0.05, 0) is 61.2 Å². The normalized spacial score (nSPS) is 9.83.